The predicted molar refractivity (Wildman–Crippen MR) is 79.0 cm³/mol. The fraction of sp³-hybridized carbons (Fsp3) is 0.733. The van der Waals surface area contributed by atoms with Gasteiger partial charge in [-0.1, -0.05) is 0 Å². The largest absolute Gasteiger partial charge is 0.462 e. The van der Waals surface area contributed by atoms with Gasteiger partial charge in [0.1, 0.15) is 5.56 Å². The Hall–Kier alpha value is -1.77. The number of morpholine rings is 1. The summed E-state index contributed by atoms with van der Waals surface area (Å²) in [5.74, 6) is -1.33. The summed E-state index contributed by atoms with van der Waals surface area (Å²) in [7, 11) is 0. The van der Waals surface area contributed by atoms with Gasteiger partial charge in [-0.2, -0.15) is 18.3 Å². The molecule has 1 aliphatic heterocycles. The van der Waals surface area contributed by atoms with Crippen molar-refractivity contribution < 1.29 is 27.4 Å². The number of anilines is 1. The summed E-state index contributed by atoms with van der Waals surface area (Å²) in [6.45, 7) is 4.14. The van der Waals surface area contributed by atoms with Gasteiger partial charge in [0.15, 0.2) is 5.82 Å². The first-order valence-corrected chi connectivity index (χ1v) is 8.05. The summed E-state index contributed by atoms with van der Waals surface area (Å²) >= 11 is 0. The van der Waals surface area contributed by atoms with Gasteiger partial charge in [-0.05, 0) is 19.8 Å². The third kappa shape index (κ3) is 3.35. The van der Waals surface area contributed by atoms with Crippen LogP contribution < -0.4 is 4.90 Å². The van der Waals surface area contributed by atoms with E-state index in [9.17, 15) is 18.0 Å². The molecule has 6 nitrogen and oxygen atoms in total. The van der Waals surface area contributed by atoms with E-state index in [0.717, 1.165) is 0 Å². The molecule has 3 rings (SSSR count). The van der Waals surface area contributed by atoms with Crippen molar-refractivity contribution in [2.45, 2.75) is 32.0 Å². The average molecular weight is 347 g/mol. The molecule has 2 heterocycles. The third-order valence-electron chi connectivity index (χ3n) is 4.47. The second-order valence-corrected chi connectivity index (χ2v) is 6.03. The van der Waals surface area contributed by atoms with Crippen molar-refractivity contribution in [3.8, 4) is 0 Å². The first-order valence-electron chi connectivity index (χ1n) is 8.05. The summed E-state index contributed by atoms with van der Waals surface area (Å²) in [5.41, 5.74) is 0.300. The molecular formula is C15H20F3N3O3. The molecular weight excluding hydrogens is 327 g/mol. The van der Waals surface area contributed by atoms with Crippen LogP contribution in [0.25, 0.3) is 0 Å². The molecule has 24 heavy (non-hydrogen) atoms. The number of carbonyl (C=O) groups is 1. The Balaban J connectivity index is 1.80. The van der Waals surface area contributed by atoms with Gasteiger partial charge in [0.2, 0.25) is 0 Å². The first kappa shape index (κ1) is 17.1. The second kappa shape index (κ2) is 6.62. The Morgan fingerprint density at radius 2 is 2.04 bits per heavy atom. The molecule has 0 spiro atoms. The molecule has 0 bridgehead atoms. The van der Waals surface area contributed by atoms with Gasteiger partial charge in [-0.3, -0.25) is 4.68 Å². The zero-order valence-electron chi connectivity index (χ0n) is 13.4. The molecule has 0 radical (unpaired) electrons. The maximum absolute atomic E-state index is 12.7. The zero-order valence-corrected chi connectivity index (χ0v) is 13.4. The lowest BCUT2D eigenvalue weighted by atomic mass is 9.80. The number of hydrogen-bond donors (Lipinski definition) is 0. The van der Waals surface area contributed by atoms with Crippen LogP contribution in [0.4, 0.5) is 19.0 Å². The Morgan fingerprint density at radius 3 is 2.62 bits per heavy atom. The van der Waals surface area contributed by atoms with Crippen LogP contribution in [0.2, 0.25) is 0 Å². The topological polar surface area (TPSA) is 56.6 Å². The number of halogens is 3. The van der Waals surface area contributed by atoms with Crippen LogP contribution in [-0.2, 0) is 9.47 Å². The van der Waals surface area contributed by atoms with Crippen molar-refractivity contribution in [1.29, 1.82) is 0 Å². The molecule has 0 unspecified atom stereocenters. The summed E-state index contributed by atoms with van der Waals surface area (Å²) < 4.78 is 49.8. The molecule has 0 N–H and O–H groups in total. The molecule has 1 aromatic rings. The third-order valence-corrected chi connectivity index (χ3v) is 4.47. The quantitative estimate of drug-likeness (QED) is 0.783. The standard InChI is InChI=1S/C15H20F3N3O3/c1-2-24-14(22)12-9-21(11-7-10(8-11)15(16,17)18)19-13(12)20-3-5-23-6-4-20/h9-11H,2-8H2,1H3. The van der Waals surface area contributed by atoms with Gasteiger partial charge in [0.05, 0.1) is 31.8 Å². The van der Waals surface area contributed by atoms with Crippen molar-refractivity contribution >= 4 is 11.8 Å². The molecule has 9 heteroatoms. The minimum absolute atomic E-state index is 0.00397. The van der Waals surface area contributed by atoms with Crippen molar-refractivity contribution in [3.05, 3.63) is 11.8 Å². The second-order valence-electron chi connectivity index (χ2n) is 6.03. The summed E-state index contributed by atoms with van der Waals surface area (Å²) in [6.07, 6.45) is -2.66. The van der Waals surface area contributed by atoms with Crippen molar-refractivity contribution in [2.24, 2.45) is 5.92 Å². The SMILES string of the molecule is CCOC(=O)c1cn(C2CC(C(F)(F)F)C2)nc1N1CCOCC1. The minimum atomic E-state index is -4.17. The minimum Gasteiger partial charge on any atom is -0.462 e. The van der Waals surface area contributed by atoms with E-state index in [1.165, 1.54) is 10.9 Å². The highest BCUT2D eigenvalue weighted by molar-refractivity contribution is 5.94. The van der Waals surface area contributed by atoms with Gasteiger partial charge in [0.25, 0.3) is 0 Å². The Kier molecular flexibility index (Phi) is 4.71. The highest BCUT2D eigenvalue weighted by Gasteiger charge is 2.49. The molecule has 1 saturated heterocycles. The van der Waals surface area contributed by atoms with E-state index in [4.69, 9.17) is 9.47 Å². The number of alkyl halides is 3. The van der Waals surface area contributed by atoms with Crippen LogP contribution in [0.5, 0.6) is 0 Å². The first-order chi connectivity index (χ1) is 11.4. The Morgan fingerprint density at radius 1 is 1.38 bits per heavy atom. The number of carbonyl (C=O) groups excluding carboxylic acids is 1. The highest BCUT2D eigenvalue weighted by atomic mass is 19.4. The zero-order chi connectivity index (χ0) is 17.3. The number of hydrogen-bond acceptors (Lipinski definition) is 5. The van der Waals surface area contributed by atoms with Crippen LogP contribution in [-0.4, -0.2) is 54.8 Å². The average Bonchev–Trinajstić information content (AvgIpc) is 2.90. The lowest BCUT2D eigenvalue weighted by Crippen LogP contribution is -2.38. The predicted octanol–water partition coefficient (Wildman–Crippen LogP) is 2.41. The fourth-order valence-electron chi connectivity index (χ4n) is 3.00. The van der Waals surface area contributed by atoms with E-state index in [2.05, 4.69) is 5.10 Å². The molecule has 134 valence electrons. The highest BCUT2D eigenvalue weighted by Crippen LogP contribution is 2.47. The van der Waals surface area contributed by atoms with Crippen molar-refractivity contribution in [1.82, 2.24) is 9.78 Å². The normalized spacial score (nSPS) is 24.6. The number of esters is 1. The molecule has 2 aliphatic rings. The number of ether oxygens (including phenoxy) is 2. The van der Waals surface area contributed by atoms with E-state index in [-0.39, 0.29) is 25.5 Å². The van der Waals surface area contributed by atoms with Crippen LogP contribution in [0.1, 0.15) is 36.2 Å². The fourth-order valence-corrected chi connectivity index (χ4v) is 3.00. The summed E-state index contributed by atoms with van der Waals surface area (Å²) in [5, 5.41) is 4.39. The van der Waals surface area contributed by atoms with E-state index in [1.54, 1.807) is 6.92 Å². The Labute approximate surface area is 137 Å². The molecule has 1 saturated carbocycles. The van der Waals surface area contributed by atoms with Gasteiger partial charge in [-0.15, -0.1) is 0 Å². The van der Waals surface area contributed by atoms with Gasteiger partial charge >= 0.3 is 12.1 Å². The van der Waals surface area contributed by atoms with Crippen LogP contribution in [0.3, 0.4) is 0 Å². The van der Waals surface area contributed by atoms with Crippen LogP contribution in [0.15, 0.2) is 6.20 Å². The maximum atomic E-state index is 12.7. The number of rotatable bonds is 4. The van der Waals surface area contributed by atoms with E-state index in [1.807, 2.05) is 4.90 Å². The Bertz CT molecular complexity index is 591. The smallest absolute Gasteiger partial charge is 0.391 e. The molecule has 0 aromatic carbocycles. The van der Waals surface area contributed by atoms with Crippen molar-refractivity contribution in [3.63, 3.8) is 0 Å². The lowest BCUT2D eigenvalue weighted by molar-refractivity contribution is -0.203. The number of nitrogens with zero attached hydrogens (tertiary/aromatic N) is 3. The lowest BCUT2D eigenvalue weighted by Gasteiger charge is -2.36. The molecule has 0 atom stereocenters. The summed E-state index contributed by atoms with van der Waals surface area (Å²) in [6, 6.07) is -0.334. The van der Waals surface area contributed by atoms with Crippen LogP contribution in [0, 0.1) is 5.92 Å². The van der Waals surface area contributed by atoms with E-state index >= 15 is 0 Å². The molecule has 1 aromatic heterocycles. The van der Waals surface area contributed by atoms with Gasteiger partial charge in [0, 0.05) is 19.3 Å². The monoisotopic (exact) mass is 347 g/mol. The van der Waals surface area contributed by atoms with E-state index in [0.29, 0.717) is 37.7 Å². The van der Waals surface area contributed by atoms with E-state index < -0.39 is 18.1 Å². The van der Waals surface area contributed by atoms with Gasteiger partial charge in [-0.25, -0.2) is 4.79 Å². The molecule has 0 amide bonds. The molecule has 1 aliphatic carbocycles. The molecule has 2 fully saturated rings. The summed E-state index contributed by atoms with van der Waals surface area (Å²) in [4.78, 5) is 14.1. The number of aromatic nitrogens is 2. The maximum Gasteiger partial charge on any atom is 0.391 e. The van der Waals surface area contributed by atoms with Crippen molar-refractivity contribution in [2.75, 3.05) is 37.8 Å². The van der Waals surface area contributed by atoms with Crippen LogP contribution >= 0.6 is 0 Å². The van der Waals surface area contributed by atoms with Gasteiger partial charge < -0.3 is 14.4 Å².